The summed E-state index contributed by atoms with van der Waals surface area (Å²) >= 11 is 0. The van der Waals surface area contributed by atoms with Crippen LogP contribution >= 0.6 is 0 Å². The summed E-state index contributed by atoms with van der Waals surface area (Å²) in [7, 11) is -2.42. The van der Waals surface area contributed by atoms with Gasteiger partial charge in [-0.1, -0.05) is 6.92 Å². The summed E-state index contributed by atoms with van der Waals surface area (Å²) in [5, 5.41) is 2.72. The molecule has 144 valence electrons. The smallest absolute Gasteiger partial charge is 0.255 e. The molecule has 27 heavy (non-hydrogen) atoms. The molecule has 9 heteroatoms. The van der Waals surface area contributed by atoms with E-state index in [-0.39, 0.29) is 23.0 Å². The highest BCUT2D eigenvalue weighted by Crippen LogP contribution is 2.34. The van der Waals surface area contributed by atoms with Crippen LogP contribution in [0.25, 0.3) is 0 Å². The molecule has 0 fully saturated rings. The number of carbonyl (C=O) groups is 1. The molecule has 0 bridgehead atoms. The number of anilines is 1. The zero-order chi connectivity index (χ0) is 19.4. The fourth-order valence-electron chi connectivity index (χ4n) is 2.52. The second-order valence-corrected chi connectivity index (χ2v) is 7.52. The average Bonchev–Trinajstić information content (AvgIpc) is 3.13. The maximum absolute atomic E-state index is 12.6. The third kappa shape index (κ3) is 4.15. The maximum Gasteiger partial charge on any atom is 0.255 e. The molecule has 2 N–H and O–H groups in total. The first kappa shape index (κ1) is 19.0. The van der Waals surface area contributed by atoms with Crippen LogP contribution in [0, 0.1) is 0 Å². The zero-order valence-electron chi connectivity index (χ0n) is 14.9. The van der Waals surface area contributed by atoms with E-state index in [0.717, 1.165) is 0 Å². The molecular weight excluding hydrogens is 372 g/mol. The number of hydrogen-bond donors (Lipinski definition) is 2. The molecule has 1 aliphatic rings. The molecule has 0 unspecified atom stereocenters. The highest BCUT2D eigenvalue weighted by atomic mass is 32.2. The molecule has 0 aliphatic carbocycles. The van der Waals surface area contributed by atoms with Crippen LogP contribution in [0.2, 0.25) is 0 Å². The van der Waals surface area contributed by atoms with Crippen molar-refractivity contribution in [2.24, 2.45) is 0 Å². The minimum absolute atomic E-state index is 0.0863. The van der Waals surface area contributed by atoms with E-state index < -0.39 is 15.9 Å². The molecule has 0 spiro atoms. The molecule has 3 rings (SSSR count). The van der Waals surface area contributed by atoms with E-state index >= 15 is 0 Å². The van der Waals surface area contributed by atoms with E-state index in [1.807, 2.05) is 6.92 Å². The van der Waals surface area contributed by atoms with Crippen LogP contribution < -0.4 is 24.2 Å². The number of nitrogens with one attached hydrogen (secondary N) is 2. The summed E-state index contributed by atoms with van der Waals surface area (Å²) in [5.74, 6) is 0.851. The van der Waals surface area contributed by atoms with Gasteiger partial charge in [0.2, 0.25) is 16.8 Å². The van der Waals surface area contributed by atoms with Gasteiger partial charge in [0.15, 0.2) is 11.5 Å². The molecular formula is C18H20N2O6S. The van der Waals surface area contributed by atoms with Crippen LogP contribution in [-0.4, -0.2) is 34.8 Å². The lowest BCUT2D eigenvalue weighted by Crippen LogP contribution is -2.25. The van der Waals surface area contributed by atoms with Crippen molar-refractivity contribution in [1.82, 2.24) is 4.72 Å². The second-order valence-electron chi connectivity index (χ2n) is 5.79. The first-order valence-corrected chi connectivity index (χ1v) is 9.81. The third-order valence-electron chi connectivity index (χ3n) is 3.89. The van der Waals surface area contributed by atoms with Crippen molar-refractivity contribution >= 4 is 21.6 Å². The van der Waals surface area contributed by atoms with Gasteiger partial charge in [0.1, 0.15) is 10.6 Å². The number of sulfonamides is 1. The maximum atomic E-state index is 12.6. The second kappa shape index (κ2) is 7.85. The largest absolute Gasteiger partial charge is 0.495 e. The fraction of sp³-hybridized carbons (Fsp3) is 0.278. The molecule has 0 radical (unpaired) electrons. The topological polar surface area (TPSA) is 103 Å². The fourth-order valence-corrected chi connectivity index (χ4v) is 3.85. The first-order valence-electron chi connectivity index (χ1n) is 8.33. The normalized spacial score (nSPS) is 12.7. The van der Waals surface area contributed by atoms with Gasteiger partial charge in [-0.2, -0.15) is 0 Å². The standard InChI is InChI=1S/C18H20N2O6S/c1-3-8-19-27(22,23)17-9-12(4-6-15(17)24-2)18(21)20-13-5-7-14-16(10-13)26-11-25-14/h4-7,9-10,19H,3,8,11H2,1-2H3,(H,20,21). The lowest BCUT2D eigenvalue weighted by molar-refractivity contribution is 0.102. The van der Waals surface area contributed by atoms with Gasteiger partial charge in [-0.3, -0.25) is 4.79 Å². The van der Waals surface area contributed by atoms with Crippen molar-refractivity contribution in [2.75, 3.05) is 25.8 Å². The van der Waals surface area contributed by atoms with Gasteiger partial charge in [0.05, 0.1) is 7.11 Å². The number of rotatable bonds is 7. The van der Waals surface area contributed by atoms with Crippen LogP contribution in [-0.2, 0) is 10.0 Å². The van der Waals surface area contributed by atoms with Crippen molar-refractivity contribution in [2.45, 2.75) is 18.2 Å². The van der Waals surface area contributed by atoms with Crippen molar-refractivity contribution < 1.29 is 27.4 Å². The molecule has 0 aromatic heterocycles. The highest BCUT2D eigenvalue weighted by Gasteiger charge is 2.21. The minimum Gasteiger partial charge on any atom is -0.495 e. The first-order chi connectivity index (χ1) is 12.9. The number of amides is 1. The predicted octanol–water partition coefficient (Wildman–Crippen LogP) is 2.36. The Morgan fingerprint density at radius 1 is 1.15 bits per heavy atom. The number of carbonyl (C=O) groups excluding carboxylic acids is 1. The van der Waals surface area contributed by atoms with E-state index in [1.54, 1.807) is 18.2 Å². The van der Waals surface area contributed by atoms with Gasteiger partial charge in [-0.25, -0.2) is 13.1 Å². The Labute approximate surface area is 157 Å². The van der Waals surface area contributed by atoms with E-state index in [2.05, 4.69) is 10.0 Å². The third-order valence-corrected chi connectivity index (χ3v) is 5.37. The highest BCUT2D eigenvalue weighted by molar-refractivity contribution is 7.89. The van der Waals surface area contributed by atoms with E-state index in [1.165, 1.54) is 25.3 Å². The van der Waals surface area contributed by atoms with Gasteiger partial charge in [-0.05, 0) is 36.8 Å². The number of ether oxygens (including phenoxy) is 3. The Bertz CT molecular complexity index is 958. The summed E-state index contributed by atoms with van der Waals surface area (Å²) in [5.41, 5.74) is 0.693. The van der Waals surface area contributed by atoms with Crippen LogP contribution in [0.15, 0.2) is 41.3 Å². The summed E-state index contributed by atoms with van der Waals surface area (Å²) in [4.78, 5) is 12.5. The van der Waals surface area contributed by atoms with Gasteiger partial charge in [0.25, 0.3) is 5.91 Å². The monoisotopic (exact) mass is 392 g/mol. The van der Waals surface area contributed by atoms with Crippen molar-refractivity contribution in [3.8, 4) is 17.2 Å². The summed E-state index contributed by atoms with van der Waals surface area (Å²) in [6, 6.07) is 9.25. The van der Waals surface area contributed by atoms with Gasteiger partial charge >= 0.3 is 0 Å². The number of methoxy groups -OCH3 is 1. The van der Waals surface area contributed by atoms with Gasteiger partial charge in [-0.15, -0.1) is 0 Å². The number of hydrogen-bond acceptors (Lipinski definition) is 6. The average molecular weight is 392 g/mol. The molecule has 0 saturated carbocycles. The van der Waals surface area contributed by atoms with Crippen LogP contribution in [0.3, 0.4) is 0 Å². The molecule has 8 nitrogen and oxygen atoms in total. The quantitative estimate of drug-likeness (QED) is 0.750. The van der Waals surface area contributed by atoms with Crippen molar-refractivity contribution in [3.63, 3.8) is 0 Å². The lowest BCUT2D eigenvalue weighted by atomic mass is 10.2. The molecule has 1 aliphatic heterocycles. The molecule has 1 heterocycles. The molecule has 2 aromatic rings. The van der Waals surface area contributed by atoms with E-state index in [9.17, 15) is 13.2 Å². The Morgan fingerprint density at radius 3 is 2.67 bits per heavy atom. The van der Waals surface area contributed by atoms with Crippen LogP contribution in [0.5, 0.6) is 17.2 Å². The summed E-state index contributed by atoms with van der Waals surface area (Å²) in [6.07, 6.45) is 0.645. The Morgan fingerprint density at radius 2 is 1.93 bits per heavy atom. The number of benzene rings is 2. The Hall–Kier alpha value is -2.78. The molecule has 2 aromatic carbocycles. The molecule has 0 saturated heterocycles. The van der Waals surface area contributed by atoms with Crippen LogP contribution in [0.4, 0.5) is 5.69 Å². The molecule has 1 amide bonds. The zero-order valence-corrected chi connectivity index (χ0v) is 15.8. The summed E-state index contributed by atoms with van der Waals surface area (Å²) < 4.78 is 43.1. The number of fused-ring (bicyclic) bond motifs is 1. The minimum atomic E-state index is -3.79. The summed E-state index contributed by atoms with van der Waals surface area (Å²) in [6.45, 7) is 2.28. The Balaban J connectivity index is 1.86. The van der Waals surface area contributed by atoms with E-state index in [0.29, 0.717) is 30.2 Å². The SMILES string of the molecule is CCCNS(=O)(=O)c1cc(C(=O)Nc2ccc3c(c2)OCO3)ccc1OC. The lowest BCUT2D eigenvalue weighted by Gasteiger charge is -2.12. The van der Waals surface area contributed by atoms with Crippen LogP contribution in [0.1, 0.15) is 23.7 Å². The van der Waals surface area contributed by atoms with Gasteiger partial charge < -0.3 is 19.5 Å². The molecule has 0 atom stereocenters. The van der Waals surface area contributed by atoms with Crippen molar-refractivity contribution in [1.29, 1.82) is 0 Å². The van der Waals surface area contributed by atoms with Crippen molar-refractivity contribution in [3.05, 3.63) is 42.0 Å². The van der Waals surface area contributed by atoms with E-state index in [4.69, 9.17) is 14.2 Å². The van der Waals surface area contributed by atoms with Gasteiger partial charge in [0, 0.05) is 23.9 Å². The predicted molar refractivity (Wildman–Crippen MR) is 99.0 cm³/mol. The Kier molecular flexibility index (Phi) is 5.52.